The van der Waals surface area contributed by atoms with Gasteiger partial charge in [0.2, 0.25) is 0 Å². The Hall–Kier alpha value is -1.50. The van der Waals surface area contributed by atoms with E-state index in [1.54, 1.807) is 6.08 Å². The van der Waals surface area contributed by atoms with E-state index in [-0.39, 0.29) is 0 Å². The van der Waals surface area contributed by atoms with Gasteiger partial charge >= 0.3 is 0 Å². The molecule has 0 radical (unpaired) electrons. The number of hydrogen-bond acceptors (Lipinski definition) is 1. The Morgan fingerprint density at radius 2 is 2.00 bits per heavy atom. The molecule has 0 saturated heterocycles. The SMILES string of the molecule is C=C/C=C/NCc1ccccc1. The van der Waals surface area contributed by atoms with Gasteiger partial charge in [-0.25, -0.2) is 0 Å². The predicted octanol–water partition coefficient (Wildman–Crippen LogP) is 2.48. The van der Waals surface area contributed by atoms with Gasteiger partial charge in [-0.15, -0.1) is 0 Å². The smallest absolute Gasteiger partial charge is 0.0395 e. The number of rotatable bonds is 4. The fourth-order valence-corrected chi connectivity index (χ4v) is 0.909. The second kappa shape index (κ2) is 5.19. The molecule has 0 spiro atoms. The first kappa shape index (κ1) is 8.60. The summed E-state index contributed by atoms with van der Waals surface area (Å²) in [7, 11) is 0. The van der Waals surface area contributed by atoms with Gasteiger partial charge in [-0.2, -0.15) is 0 Å². The Morgan fingerprint density at radius 1 is 1.25 bits per heavy atom. The molecule has 1 aromatic carbocycles. The molecule has 0 atom stereocenters. The molecule has 0 amide bonds. The summed E-state index contributed by atoms with van der Waals surface area (Å²) in [5.41, 5.74) is 1.28. The van der Waals surface area contributed by atoms with Crippen LogP contribution in [0.2, 0.25) is 0 Å². The molecule has 1 rings (SSSR count). The summed E-state index contributed by atoms with van der Waals surface area (Å²) in [5.74, 6) is 0. The third-order valence-corrected chi connectivity index (χ3v) is 1.50. The summed E-state index contributed by atoms with van der Waals surface area (Å²) in [6.45, 7) is 4.44. The van der Waals surface area contributed by atoms with Crippen molar-refractivity contribution in [3.05, 3.63) is 60.8 Å². The van der Waals surface area contributed by atoms with E-state index in [1.807, 2.05) is 30.5 Å². The van der Waals surface area contributed by atoms with Gasteiger partial charge in [0.15, 0.2) is 0 Å². The first-order valence-electron chi connectivity index (χ1n) is 3.98. The van der Waals surface area contributed by atoms with Crippen molar-refractivity contribution in [3.8, 4) is 0 Å². The fraction of sp³-hybridized carbons (Fsp3) is 0.0909. The number of benzene rings is 1. The van der Waals surface area contributed by atoms with E-state index < -0.39 is 0 Å². The van der Waals surface area contributed by atoms with Crippen LogP contribution in [-0.4, -0.2) is 0 Å². The quantitative estimate of drug-likeness (QED) is 0.665. The van der Waals surface area contributed by atoms with Crippen molar-refractivity contribution in [3.63, 3.8) is 0 Å². The van der Waals surface area contributed by atoms with Crippen LogP contribution < -0.4 is 5.32 Å². The largest absolute Gasteiger partial charge is 0.387 e. The second-order valence-corrected chi connectivity index (χ2v) is 2.46. The van der Waals surface area contributed by atoms with E-state index in [1.165, 1.54) is 5.56 Å². The lowest BCUT2D eigenvalue weighted by Gasteiger charge is -1.99. The highest BCUT2D eigenvalue weighted by molar-refractivity contribution is 5.14. The zero-order chi connectivity index (χ0) is 8.65. The molecule has 0 saturated carbocycles. The van der Waals surface area contributed by atoms with Gasteiger partial charge < -0.3 is 5.32 Å². The molecule has 0 aromatic heterocycles. The van der Waals surface area contributed by atoms with Crippen LogP contribution in [0.3, 0.4) is 0 Å². The van der Waals surface area contributed by atoms with E-state index in [4.69, 9.17) is 0 Å². The Labute approximate surface area is 73.4 Å². The van der Waals surface area contributed by atoms with E-state index in [0.717, 1.165) is 6.54 Å². The lowest BCUT2D eigenvalue weighted by atomic mass is 10.2. The minimum atomic E-state index is 0.866. The average Bonchev–Trinajstić information content (AvgIpc) is 2.14. The zero-order valence-corrected chi connectivity index (χ0v) is 7.03. The van der Waals surface area contributed by atoms with Crippen molar-refractivity contribution in [1.82, 2.24) is 5.32 Å². The van der Waals surface area contributed by atoms with Gasteiger partial charge in [-0.05, 0) is 17.8 Å². The van der Waals surface area contributed by atoms with Crippen molar-refractivity contribution in [2.45, 2.75) is 6.54 Å². The summed E-state index contributed by atoms with van der Waals surface area (Å²) in [6.07, 6.45) is 5.51. The molecule has 0 heterocycles. The molecule has 0 fully saturated rings. The van der Waals surface area contributed by atoms with Gasteiger partial charge in [0.1, 0.15) is 0 Å². The molecule has 1 aromatic rings. The highest BCUT2D eigenvalue weighted by atomic mass is 14.8. The Morgan fingerprint density at radius 3 is 2.67 bits per heavy atom. The van der Waals surface area contributed by atoms with Gasteiger partial charge in [-0.3, -0.25) is 0 Å². The van der Waals surface area contributed by atoms with Crippen LogP contribution >= 0.6 is 0 Å². The molecular formula is C11H13N. The monoisotopic (exact) mass is 159 g/mol. The molecule has 1 N–H and O–H groups in total. The maximum atomic E-state index is 3.58. The van der Waals surface area contributed by atoms with Crippen molar-refractivity contribution in [2.24, 2.45) is 0 Å². The minimum absolute atomic E-state index is 0.866. The maximum absolute atomic E-state index is 3.58. The summed E-state index contributed by atoms with van der Waals surface area (Å²) >= 11 is 0. The zero-order valence-electron chi connectivity index (χ0n) is 7.03. The van der Waals surface area contributed by atoms with E-state index >= 15 is 0 Å². The van der Waals surface area contributed by atoms with Crippen LogP contribution in [0.4, 0.5) is 0 Å². The lowest BCUT2D eigenvalue weighted by Crippen LogP contribution is -2.03. The van der Waals surface area contributed by atoms with Gasteiger partial charge in [0.25, 0.3) is 0 Å². The Kier molecular flexibility index (Phi) is 3.72. The predicted molar refractivity (Wildman–Crippen MR) is 52.6 cm³/mol. The Balaban J connectivity index is 2.33. The molecule has 0 aliphatic heterocycles. The highest BCUT2D eigenvalue weighted by Gasteiger charge is 1.84. The molecular weight excluding hydrogens is 146 g/mol. The van der Waals surface area contributed by atoms with Crippen LogP contribution in [0.25, 0.3) is 0 Å². The van der Waals surface area contributed by atoms with Crippen molar-refractivity contribution < 1.29 is 0 Å². The standard InChI is InChI=1S/C11H13N/c1-2-3-9-12-10-11-7-5-4-6-8-11/h2-9,12H,1,10H2/b9-3+. The number of nitrogens with one attached hydrogen (secondary N) is 1. The molecule has 62 valence electrons. The normalized spacial score (nSPS) is 10.0. The van der Waals surface area contributed by atoms with Crippen molar-refractivity contribution in [1.29, 1.82) is 0 Å². The number of allylic oxidation sites excluding steroid dienone is 2. The van der Waals surface area contributed by atoms with E-state index in [9.17, 15) is 0 Å². The maximum Gasteiger partial charge on any atom is 0.0395 e. The van der Waals surface area contributed by atoms with Crippen LogP contribution in [-0.2, 0) is 6.54 Å². The molecule has 0 unspecified atom stereocenters. The van der Waals surface area contributed by atoms with Crippen LogP contribution in [0.1, 0.15) is 5.56 Å². The average molecular weight is 159 g/mol. The first-order valence-corrected chi connectivity index (χ1v) is 3.98. The molecule has 0 aliphatic rings. The molecule has 1 heteroatoms. The van der Waals surface area contributed by atoms with Gasteiger partial charge in [0.05, 0.1) is 0 Å². The van der Waals surface area contributed by atoms with E-state index in [2.05, 4.69) is 24.0 Å². The minimum Gasteiger partial charge on any atom is -0.387 e. The summed E-state index contributed by atoms with van der Waals surface area (Å²) in [6, 6.07) is 10.3. The Bertz CT molecular complexity index is 249. The van der Waals surface area contributed by atoms with Crippen LogP contribution in [0.15, 0.2) is 55.3 Å². The van der Waals surface area contributed by atoms with E-state index in [0.29, 0.717) is 0 Å². The van der Waals surface area contributed by atoms with Crippen molar-refractivity contribution >= 4 is 0 Å². The van der Waals surface area contributed by atoms with Gasteiger partial charge in [0, 0.05) is 6.54 Å². The topological polar surface area (TPSA) is 12.0 Å². The van der Waals surface area contributed by atoms with Crippen LogP contribution in [0.5, 0.6) is 0 Å². The first-order chi connectivity index (χ1) is 5.93. The molecule has 0 bridgehead atoms. The third-order valence-electron chi connectivity index (χ3n) is 1.50. The molecule has 12 heavy (non-hydrogen) atoms. The third kappa shape index (κ3) is 3.06. The summed E-state index contributed by atoms with van der Waals surface area (Å²) in [5, 5.41) is 3.15. The molecule has 0 aliphatic carbocycles. The fourth-order valence-electron chi connectivity index (χ4n) is 0.909. The summed E-state index contributed by atoms with van der Waals surface area (Å²) < 4.78 is 0. The van der Waals surface area contributed by atoms with Crippen molar-refractivity contribution in [2.75, 3.05) is 0 Å². The lowest BCUT2D eigenvalue weighted by molar-refractivity contribution is 0.870. The van der Waals surface area contributed by atoms with Gasteiger partial charge in [-0.1, -0.05) is 43.0 Å². The summed E-state index contributed by atoms with van der Waals surface area (Å²) in [4.78, 5) is 0. The second-order valence-electron chi connectivity index (χ2n) is 2.46. The van der Waals surface area contributed by atoms with Crippen LogP contribution in [0, 0.1) is 0 Å². The highest BCUT2D eigenvalue weighted by Crippen LogP contribution is 1.96. The molecule has 1 nitrogen and oxygen atoms in total. The number of hydrogen-bond donors (Lipinski definition) is 1.